The van der Waals surface area contributed by atoms with Gasteiger partial charge in [-0.15, -0.1) is 0 Å². The van der Waals surface area contributed by atoms with Gasteiger partial charge in [-0.25, -0.2) is 0 Å². The van der Waals surface area contributed by atoms with E-state index in [0.717, 1.165) is 24.9 Å². The van der Waals surface area contributed by atoms with Crippen molar-refractivity contribution in [3.63, 3.8) is 0 Å². The van der Waals surface area contributed by atoms with Crippen LogP contribution in [-0.2, 0) is 9.09 Å². The molecule has 30 heavy (non-hydrogen) atoms. The van der Waals surface area contributed by atoms with E-state index in [1.165, 1.54) is 0 Å². The Balaban J connectivity index is 2.01. The Kier molecular flexibility index (Phi) is 7.38. The number of hydrogen-bond acceptors (Lipinski definition) is 5. The predicted molar refractivity (Wildman–Crippen MR) is 123 cm³/mol. The fourth-order valence-corrected chi connectivity index (χ4v) is 6.68. The highest BCUT2D eigenvalue weighted by Gasteiger charge is 2.42. The van der Waals surface area contributed by atoms with Gasteiger partial charge in [0.05, 0.1) is 6.10 Å². The molecule has 0 saturated heterocycles. The van der Waals surface area contributed by atoms with E-state index in [4.69, 9.17) is 4.52 Å². The molecule has 5 nitrogen and oxygen atoms in total. The molecule has 1 aromatic carbocycles. The van der Waals surface area contributed by atoms with Crippen LogP contribution in [0.1, 0.15) is 51.4 Å². The Hall–Kier alpha value is -1.68. The van der Waals surface area contributed by atoms with E-state index in [9.17, 15) is 9.67 Å². The van der Waals surface area contributed by atoms with Crippen LogP contribution in [-0.4, -0.2) is 30.3 Å². The SMILES string of the molecule is CC(C)[C@H]1CC[C@@H](C)C[C@H]1O[P@](=O)(c1ccc(N(C)C)cc1)[C@H](O)c1ccncc1. The number of aromatic nitrogens is 1. The third-order valence-electron chi connectivity index (χ3n) is 6.31. The van der Waals surface area contributed by atoms with Crippen molar-refractivity contribution in [1.82, 2.24) is 4.98 Å². The normalized spacial score (nSPS) is 25.0. The van der Waals surface area contributed by atoms with Crippen LogP contribution in [0.25, 0.3) is 0 Å². The van der Waals surface area contributed by atoms with Crippen LogP contribution < -0.4 is 10.2 Å². The summed E-state index contributed by atoms with van der Waals surface area (Å²) in [6.07, 6.45) is 6.18. The van der Waals surface area contributed by atoms with Gasteiger partial charge in [0.2, 0.25) is 0 Å². The summed E-state index contributed by atoms with van der Waals surface area (Å²) in [7, 11) is 0.334. The Morgan fingerprint density at radius 3 is 2.30 bits per heavy atom. The van der Waals surface area contributed by atoms with Crippen LogP contribution in [0.15, 0.2) is 48.8 Å². The number of benzene rings is 1. The van der Waals surface area contributed by atoms with E-state index in [2.05, 4.69) is 25.8 Å². The van der Waals surface area contributed by atoms with Crippen molar-refractivity contribution in [2.45, 2.75) is 52.0 Å². The van der Waals surface area contributed by atoms with Gasteiger partial charge < -0.3 is 14.5 Å². The van der Waals surface area contributed by atoms with Crippen LogP contribution in [0.5, 0.6) is 0 Å². The molecule has 164 valence electrons. The zero-order valence-corrected chi connectivity index (χ0v) is 19.6. The minimum Gasteiger partial charge on any atom is -0.378 e. The molecule has 0 radical (unpaired) electrons. The van der Waals surface area contributed by atoms with Crippen molar-refractivity contribution in [3.05, 3.63) is 54.4 Å². The minimum atomic E-state index is -3.60. The molecule has 1 fully saturated rings. The van der Waals surface area contributed by atoms with Gasteiger partial charge in [0, 0.05) is 37.5 Å². The van der Waals surface area contributed by atoms with Gasteiger partial charge in [0.15, 0.2) is 5.85 Å². The number of aliphatic hydroxyl groups is 1. The van der Waals surface area contributed by atoms with Gasteiger partial charge in [-0.1, -0.05) is 27.2 Å². The second-order valence-electron chi connectivity index (χ2n) is 9.13. The molecule has 5 atom stereocenters. The number of pyridine rings is 1. The molecule has 1 aliphatic carbocycles. The first-order chi connectivity index (χ1) is 14.2. The number of aliphatic hydroxyl groups excluding tert-OH is 1. The maximum Gasteiger partial charge on any atom is 0.264 e. The van der Waals surface area contributed by atoms with Crippen LogP contribution in [0.4, 0.5) is 5.69 Å². The lowest BCUT2D eigenvalue weighted by atomic mass is 9.75. The third kappa shape index (κ3) is 4.96. The standard InChI is InChI=1S/C24H35N2O3P/c1-17(2)22-11-6-18(3)16-23(22)29-30(28,24(27)19-12-14-25-15-13-19)21-9-7-20(8-10-21)26(4)5/h7-10,12-15,17-18,22-24,27H,6,11,16H2,1-5H3/t18-,22-,23-,24+,30-/m1/s1. The van der Waals surface area contributed by atoms with E-state index in [1.54, 1.807) is 24.5 Å². The molecular weight excluding hydrogens is 395 g/mol. The summed E-state index contributed by atoms with van der Waals surface area (Å²) in [5, 5.41) is 11.8. The fraction of sp³-hybridized carbons (Fsp3) is 0.542. The number of anilines is 1. The molecule has 1 N–H and O–H groups in total. The summed E-state index contributed by atoms with van der Waals surface area (Å²) in [6.45, 7) is 6.63. The summed E-state index contributed by atoms with van der Waals surface area (Å²) in [6, 6.07) is 10.9. The van der Waals surface area contributed by atoms with Crippen LogP contribution >= 0.6 is 7.37 Å². The van der Waals surface area contributed by atoms with Gasteiger partial charge in [-0.2, -0.15) is 0 Å². The molecular formula is C24H35N2O3P. The molecule has 1 aliphatic rings. The van der Waals surface area contributed by atoms with Gasteiger partial charge in [-0.3, -0.25) is 9.55 Å². The molecule has 0 aliphatic heterocycles. The topological polar surface area (TPSA) is 62.7 Å². The van der Waals surface area contributed by atoms with Crippen molar-refractivity contribution in [2.24, 2.45) is 17.8 Å². The fourth-order valence-electron chi connectivity index (χ4n) is 4.39. The van der Waals surface area contributed by atoms with Gasteiger partial charge >= 0.3 is 0 Å². The zero-order chi connectivity index (χ0) is 21.9. The van der Waals surface area contributed by atoms with Crippen LogP contribution in [0, 0.1) is 17.8 Å². The van der Waals surface area contributed by atoms with Crippen molar-refractivity contribution in [2.75, 3.05) is 19.0 Å². The van der Waals surface area contributed by atoms with Gasteiger partial charge in [-0.05, 0) is 72.6 Å². The Bertz CT molecular complexity index is 855. The lowest BCUT2D eigenvalue weighted by Gasteiger charge is -2.39. The lowest BCUT2D eigenvalue weighted by Crippen LogP contribution is -2.35. The first-order valence-electron chi connectivity index (χ1n) is 10.9. The summed E-state index contributed by atoms with van der Waals surface area (Å²) in [4.78, 5) is 6.02. The molecule has 1 heterocycles. The Morgan fingerprint density at radius 1 is 1.10 bits per heavy atom. The quantitative estimate of drug-likeness (QED) is 0.610. The maximum absolute atomic E-state index is 14.4. The Labute approximate surface area is 180 Å². The molecule has 1 aromatic heterocycles. The molecule has 0 spiro atoms. The largest absolute Gasteiger partial charge is 0.378 e. The molecule has 0 unspecified atom stereocenters. The van der Waals surface area contributed by atoms with E-state index < -0.39 is 13.2 Å². The predicted octanol–water partition coefficient (Wildman–Crippen LogP) is 5.22. The molecule has 0 amide bonds. The second-order valence-corrected chi connectivity index (χ2v) is 11.5. The second kappa shape index (κ2) is 9.64. The summed E-state index contributed by atoms with van der Waals surface area (Å²) in [5.41, 5.74) is 1.57. The monoisotopic (exact) mass is 430 g/mol. The molecule has 1 saturated carbocycles. The van der Waals surface area contributed by atoms with E-state index >= 15 is 0 Å². The number of rotatable bonds is 7. The smallest absolute Gasteiger partial charge is 0.264 e. The van der Waals surface area contributed by atoms with Crippen LogP contribution in [0.2, 0.25) is 0 Å². The van der Waals surface area contributed by atoms with Crippen molar-refractivity contribution >= 4 is 18.4 Å². The molecule has 6 heteroatoms. The highest BCUT2D eigenvalue weighted by Crippen LogP contribution is 2.60. The minimum absolute atomic E-state index is 0.135. The zero-order valence-electron chi connectivity index (χ0n) is 18.7. The Morgan fingerprint density at radius 2 is 1.73 bits per heavy atom. The van der Waals surface area contributed by atoms with Gasteiger partial charge in [0.1, 0.15) is 0 Å². The maximum atomic E-state index is 14.4. The number of hydrogen-bond donors (Lipinski definition) is 1. The first-order valence-corrected chi connectivity index (χ1v) is 12.6. The van der Waals surface area contributed by atoms with Crippen LogP contribution in [0.3, 0.4) is 0 Å². The average Bonchev–Trinajstić information content (AvgIpc) is 2.73. The summed E-state index contributed by atoms with van der Waals surface area (Å²) < 4.78 is 20.9. The average molecular weight is 431 g/mol. The van der Waals surface area contributed by atoms with E-state index in [0.29, 0.717) is 28.6 Å². The van der Waals surface area contributed by atoms with Gasteiger partial charge in [0.25, 0.3) is 7.37 Å². The molecule has 2 aromatic rings. The highest BCUT2D eigenvalue weighted by atomic mass is 31.2. The van der Waals surface area contributed by atoms with Crippen molar-refractivity contribution < 1.29 is 14.2 Å². The summed E-state index contributed by atoms with van der Waals surface area (Å²) >= 11 is 0. The first kappa shape index (κ1) is 23.0. The third-order valence-corrected chi connectivity index (χ3v) is 8.85. The number of nitrogens with zero attached hydrogens (tertiary/aromatic N) is 2. The lowest BCUT2D eigenvalue weighted by molar-refractivity contribution is 0.0427. The van der Waals surface area contributed by atoms with E-state index in [-0.39, 0.29) is 6.10 Å². The van der Waals surface area contributed by atoms with E-state index in [1.807, 2.05) is 43.3 Å². The van der Waals surface area contributed by atoms with Crippen molar-refractivity contribution in [3.8, 4) is 0 Å². The van der Waals surface area contributed by atoms with Crippen molar-refractivity contribution in [1.29, 1.82) is 0 Å². The highest BCUT2D eigenvalue weighted by molar-refractivity contribution is 7.67. The molecule has 3 rings (SSSR count). The molecule has 0 bridgehead atoms. The summed E-state index contributed by atoms with van der Waals surface area (Å²) in [5.74, 6) is 0.0636.